The van der Waals surface area contributed by atoms with E-state index in [0.29, 0.717) is 11.3 Å². The number of amides is 1. The highest BCUT2D eigenvalue weighted by Crippen LogP contribution is 2.12. The Bertz CT molecular complexity index is 579. The molecule has 1 amide bonds. The maximum Gasteiger partial charge on any atom is 0.329 e. The summed E-state index contributed by atoms with van der Waals surface area (Å²) in [5.74, 6) is -1.86. The molecule has 0 aliphatic heterocycles. The molecular weight excluding hydrogens is 250 g/mol. The van der Waals surface area contributed by atoms with E-state index in [1.165, 1.54) is 6.92 Å². The highest BCUT2D eigenvalue weighted by molar-refractivity contribution is 5.98. The molecule has 0 radical (unpaired) electrons. The molecule has 0 bridgehead atoms. The molecule has 19 heavy (non-hydrogen) atoms. The summed E-state index contributed by atoms with van der Waals surface area (Å²) in [7, 11) is 0. The van der Waals surface area contributed by atoms with E-state index in [2.05, 4.69) is 15.5 Å². The SMILES string of the molecule is CCC(C)(NC(=O)c1c(C)c(C)n[nH]c1=O)C(=O)O. The molecule has 0 fully saturated rings. The van der Waals surface area contributed by atoms with Crippen molar-refractivity contribution in [2.45, 2.75) is 39.7 Å². The Labute approximate surface area is 110 Å². The van der Waals surface area contributed by atoms with Crippen LogP contribution in [0.15, 0.2) is 4.79 Å². The lowest BCUT2D eigenvalue weighted by molar-refractivity contribution is -0.143. The third kappa shape index (κ3) is 2.81. The van der Waals surface area contributed by atoms with Crippen LogP contribution in [0.1, 0.15) is 41.9 Å². The molecule has 1 rings (SSSR count). The number of hydrogen-bond acceptors (Lipinski definition) is 4. The maximum absolute atomic E-state index is 12.1. The van der Waals surface area contributed by atoms with Crippen molar-refractivity contribution < 1.29 is 14.7 Å². The van der Waals surface area contributed by atoms with Crippen LogP contribution in [0.4, 0.5) is 0 Å². The normalized spacial score (nSPS) is 13.7. The number of aromatic nitrogens is 2. The van der Waals surface area contributed by atoms with Crippen molar-refractivity contribution in [1.29, 1.82) is 0 Å². The van der Waals surface area contributed by atoms with Crippen molar-refractivity contribution >= 4 is 11.9 Å². The van der Waals surface area contributed by atoms with Crippen molar-refractivity contribution in [2.24, 2.45) is 0 Å². The van der Waals surface area contributed by atoms with Crippen molar-refractivity contribution in [3.8, 4) is 0 Å². The summed E-state index contributed by atoms with van der Waals surface area (Å²) in [5.41, 5.74) is -1.20. The van der Waals surface area contributed by atoms with Gasteiger partial charge in [-0.25, -0.2) is 9.89 Å². The number of nitrogens with one attached hydrogen (secondary N) is 2. The number of aryl methyl sites for hydroxylation is 1. The summed E-state index contributed by atoms with van der Waals surface area (Å²) >= 11 is 0. The number of carbonyl (C=O) groups is 2. The standard InChI is InChI=1S/C12H17N3O4/c1-5-12(4,11(18)19)13-9(16)8-6(2)7(3)14-15-10(8)17/h5H2,1-4H3,(H,13,16)(H,15,17)(H,18,19). The summed E-state index contributed by atoms with van der Waals surface area (Å²) in [4.78, 5) is 34.9. The van der Waals surface area contributed by atoms with Gasteiger partial charge in [-0.15, -0.1) is 0 Å². The van der Waals surface area contributed by atoms with Crippen LogP contribution in [0.2, 0.25) is 0 Å². The topological polar surface area (TPSA) is 112 Å². The van der Waals surface area contributed by atoms with Crippen LogP contribution in [0.3, 0.4) is 0 Å². The molecule has 0 spiro atoms. The molecule has 7 nitrogen and oxygen atoms in total. The molecule has 1 unspecified atom stereocenters. The quantitative estimate of drug-likeness (QED) is 0.729. The molecule has 104 valence electrons. The van der Waals surface area contributed by atoms with E-state index in [1.807, 2.05) is 0 Å². The molecule has 1 aromatic rings. The van der Waals surface area contributed by atoms with E-state index < -0.39 is 23.0 Å². The fraction of sp³-hybridized carbons (Fsp3) is 0.500. The van der Waals surface area contributed by atoms with Crippen molar-refractivity contribution in [1.82, 2.24) is 15.5 Å². The third-order valence-corrected chi connectivity index (χ3v) is 3.27. The summed E-state index contributed by atoms with van der Waals surface area (Å²) in [6.45, 7) is 6.28. The first-order chi connectivity index (χ1) is 8.73. The summed E-state index contributed by atoms with van der Waals surface area (Å²) < 4.78 is 0. The summed E-state index contributed by atoms with van der Waals surface area (Å²) in [6.07, 6.45) is 0.203. The van der Waals surface area contributed by atoms with Crippen LogP contribution in [0, 0.1) is 13.8 Å². The molecule has 0 aliphatic rings. The number of aromatic amines is 1. The van der Waals surface area contributed by atoms with Gasteiger partial charge in [0.05, 0.1) is 5.69 Å². The van der Waals surface area contributed by atoms with Gasteiger partial charge in [0.2, 0.25) is 0 Å². The van der Waals surface area contributed by atoms with Gasteiger partial charge in [-0.3, -0.25) is 9.59 Å². The van der Waals surface area contributed by atoms with Gasteiger partial charge >= 0.3 is 5.97 Å². The van der Waals surface area contributed by atoms with Gasteiger partial charge in [0.15, 0.2) is 0 Å². The number of hydrogen-bond donors (Lipinski definition) is 3. The van der Waals surface area contributed by atoms with Gasteiger partial charge in [0, 0.05) is 0 Å². The highest BCUT2D eigenvalue weighted by atomic mass is 16.4. The zero-order chi connectivity index (χ0) is 14.8. The Morgan fingerprint density at radius 3 is 2.47 bits per heavy atom. The molecule has 0 aliphatic carbocycles. The average molecular weight is 267 g/mol. The molecule has 3 N–H and O–H groups in total. The van der Waals surface area contributed by atoms with Gasteiger partial charge in [0.1, 0.15) is 11.1 Å². The van der Waals surface area contributed by atoms with E-state index in [-0.39, 0.29) is 12.0 Å². The molecule has 0 saturated heterocycles. The Balaban J connectivity index is 3.20. The molecular formula is C12H17N3O4. The minimum atomic E-state index is -1.41. The fourth-order valence-electron chi connectivity index (χ4n) is 1.51. The van der Waals surface area contributed by atoms with E-state index in [1.54, 1.807) is 20.8 Å². The highest BCUT2D eigenvalue weighted by Gasteiger charge is 2.34. The second-order valence-electron chi connectivity index (χ2n) is 4.58. The minimum absolute atomic E-state index is 0.103. The van der Waals surface area contributed by atoms with Crippen LogP contribution >= 0.6 is 0 Å². The number of carboxylic acid groups (broad SMARTS) is 1. The largest absolute Gasteiger partial charge is 0.480 e. The molecule has 7 heteroatoms. The first-order valence-corrected chi connectivity index (χ1v) is 5.84. The van der Waals surface area contributed by atoms with Crippen molar-refractivity contribution in [3.05, 3.63) is 27.2 Å². The Hall–Kier alpha value is -2.18. The zero-order valence-corrected chi connectivity index (χ0v) is 11.3. The Morgan fingerprint density at radius 1 is 1.42 bits per heavy atom. The van der Waals surface area contributed by atoms with E-state index in [4.69, 9.17) is 5.11 Å². The van der Waals surface area contributed by atoms with Crippen LogP contribution in [-0.4, -0.2) is 32.7 Å². The number of nitrogens with zero attached hydrogens (tertiary/aromatic N) is 1. The lowest BCUT2D eigenvalue weighted by Gasteiger charge is -2.24. The predicted octanol–water partition coefficient (Wildman–Crippen LogP) is 0.370. The van der Waals surface area contributed by atoms with Crippen molar-refractivity contribution in [2.75, 3.05) is 0 Å². The second kappa shape index (κ2) is 5.21. The van der Waals surface area contributed by atoms with Crippen molar-refractivity contribution in [3.63, 3.8) is 0 Å². The average Bonchev–Trinajstić information content (AvgIpc) is 2.34. The maximum atomic E-state index is 12.1. The zero-order valence-electron chi connectivity index (χ0n) is 11.3. The molecule has 1 aromatic heterocycles. The second-order valence-corrected chi connectivity index (χ2v) is 4.58. The number of carboxylic acids is 1. The smallest absolute Gasteiger partial charge is 0.329 e. The summed E-state index contributed by atoms with van der Waals surface area (Å²) in [6, 6.07) is 0. The number of aliphatic carboxylic acids is 1. The van der Waals surface area contributed by atoms with Crippen LogP contribution in [-0.2, 0) is 4.79 Å². The van der Waals surface area contributed by atoms with Gasteiger partial charge in [-0.1, -0.05) is 6.92 Å². The monoisotopic (exact) mass is 267 g/mol. The molecule has 1 atom stereocenters. The lowest BCUT2D eigenvalue weighted by Crippen LogP contribution is -2.52. The van der Waals surface area contributed by atoms with Crippen LogP contribution in [0.5, 0.6) is 0 Å². The molecule has 1 heterocycles. The van der Waals surface area contributed by atoms with E-state index in [0.717, 1.165) is 0 Å². The van der Waals surface area contributed by atoms with Crippen LogP contribution < -0.4 is 10.9 Å². The fourth-order valence-corrected chi connectivity index (χ4v) is 1.51. The van der Waals surface area contributed by atoms with E-state index in [9.17, 15) is 14.4 Å². The van der Waals surface area contributed by atoms with Gasteiger partial charge < -0.3 is 10.4 Å². The number of carbonyl (C=O) groups excluding carboxylic acids is 1. The Morgan fingerprint density at radius 2 is 2.00 bits per heavy atom. The summed E-state index contributed by atoms with van der Waals surface area (Å²) in [5, 5.41) is 17.4. The first kappa shape index (κ1) is 14.9. The number of H-pyrrole nitrogens is 1. The number of rotatable bonds is 4. The predicted molar refractivity (Wildman–Crippen MR) is 68.1 cm³/mol. The van der Waals surface area contributed by atoms with Crippen LogP contribution in [0.25, 0.3) is 0 Å². The molecule has 0 aromatic carbocycles. The minimum Gasteiger partial charge on any atom is -0.480 e. The van der Waals surface area contributed by atoms with Gasteiger partial charge in [0.25, 0.3) is 11.5 Å². The lowest BCUT2D eigenvalue weighted by atomic mass is 9.98. The Kier molecular flexibility index (Phi) is 4.08. The van der Waals surface area contributed by atoms with E-state index >= 15 is 0 Å². The molecule has 0 saturated carbocycles. The third-order valence-electron chi connectivity index (χ3n) is 3.27. The van der Waals surface area contributed by atoms with Gasteiger partial charge in [-0.05, 0) is 32.8 Å². The van der Waals surface area contributed by atoms with Gasteiger partial charge in [-0.2, -0.15) is 5.10 Å². The first-order valence-electron chi connectivity index (χ1n) is 5.84.